The van der Waals surface area contributed by atoms with Crippen molar-refractivity contribution in [2.24, 2.45) is 12.8 Å². The van der Waals surface area contributed by atoms with Crippen LogP contribution in [0.15, 0.2) is 24.3 Å². The molecule has 3 heteroatoms. The molecule has 0 spiro atoms. The van der Waals surface area contributed by atoms with E-state index in [9.17, 15) is 0 Å². The minimum absolute atomic E-state index is 0.637. The number of hydrogen-bond acceptors (Lipinski definition) is 2. The first-order valence-corrected chi connectivity index (χ1v) is 6.49. The minimum atomic E-state index is 0.637. The Hall–Kier alpha value is -1.61. The molecule has 1 aromatic carbocycles. The summed E-state index contributed by atoms with van der Waals surface area (Å²) in [7, 11) is 2.05. The molecular formula is C15H21N3. The zero-order valence-electron chi connectivity index (χ0n) is 11.4. The maximum Gasteiger partial charge on any atom is 0.110 e. The first-order chi connectivity index (χ1) is 8.67. The van der Waals surface area contributed by atoms with Gasteiger partial charge in [0, 0.05) is 24.7 Å². The maximum atomic E-state index is 5.61. The molecule has 1 heterocycles. The summed E-state index contributed by atoms with van der Waals surface area (Å²) >= 11 is 0. The van der Waals surface area contributed by atoms with E-state index in [1.54, 1.807) is 0 Å². The molecule has 0 saturated heterocycles. The zero-order valence-corrected chi connectivity index (χ0v) is 11.4. The first-order valence-electron chi connectivity index (χ1n) is 6.49. The van der Waals surface area contributed by atoms with Gasteiger partial charge in [-0.05, 0) is 25.5 Å². The van der Waals surface area contributed by atoms with E-state index in [2.05, 4.69) is 49.7 Å². The number of aryl methyl sites for hydroxylation is 1. The standard InChI is InChI=1S/C15H21N3/c1-4-12-5-7-13(8-6-12)15-11(2)18(3)14(17-15)9-10-16/h5-8H,4,9-10,16H2,1-3H3. The Morgan fingerprint density at radius 1 is 1.22 bits per heavy atom. The van der Waals surface area contributed by atoms with Crippen LogP contribution in [0.4, 0.5) is 0 Å². The van der Waals surface area contributed by atoms with Crippen molar-refractivity contribution in [3.05, 3.63) is 41.3 Å². The van der Waals surface area contributed by atoms with Gasteiger partial charge >= 0.3 is 0 Å². The number of aromatic nitrogens is 2. The molecule has 2 aromatic rings. The molecule has 0 radical (unpaired) electrons. The molecule has 0 amide bonds. The van der Waals surface area contributed by atoms with Gasteiger partial charge in [0.1, 0.15) is 5.82 Å². The first kappa shape index (κ1) is 12.8. The van der Waals surface area contributed by atoms with E-state index in [-0.39, 0.29) is 0 Å². The molecule has 2 rings (SSSR count). The lowest BCUT2D eigenvalue weighted by Crippen LogP contribution is -2.08. The van der Waals surface area contributed by atoms with Gasteiger partial charge in [0.2, 0.25) is 0 Å². The molecular weight excluding hydrogens is 222 g/mol. The number of nitrogens with two attached hydrogens (primary N) is 1. The molecule has 2 N–H and O–H groups in total. The van der Waals surface area contributed by atoms with E-state index in [1.165, 1.54) is 16.8 Å². The van der Waals surface area contributed by atoms with Crippen molar-refractivity contribution >= 4 is 0 Å². The fraction of sp³-hybridized carbons (Fsp3) is 0.400. The molecule has 0 atom stereocenters. The van der Waals surface area contributed by atoms with Gasteiger partial charge in [-0.15, -0.1) is 0 Å². The predicted octanol–water partition coefficient (Wildman–Crippen LogP) is 2.46. The third-order valence-electron chi connectivity index (χ3n) is 3.48. The van der Waals surface area contributed by atoms with Crippen LogP contribution >= 0.6 is 0 Å². The summed E-state index contributed by atoms with van der Waals surface area (Å²) in [4.78, 5) is 4.71. The van der Waals surface area contributed by atoms with E-state index in [0.717, 1.165) is 24.4 Å². The molecule has 0 aliphatic heterocycles. The van der Waals surface area contributed by atoms with Crippen LogP contribution in [0, 0.1) is 6.92 Å². The number of rotatable bonds is 4. The maximum absolute atomic E-state index is 5.61. The van der Waals surface area contributed by atoms with Gasteiger partial charge in [-0.2, -0.15) is 0 Å². The van der Waals surface area contributed by atoms with Crippen molar-refractivity contribution in [2.75, 3.05) is 6.54 Å². The Balaban J connectivity index is 2.40. The SMILES string of the molecule is CCc1ccc(-c2nc(CCN)n(C)c2C)cc1. The second-order valence-corrected chi connectivity index (χ2v) is 4.61. The monoisotopic (exact) mass is 243 g/mol. The summed E-state index contributed by atoms with van der Waals surface area (Å²) in [5.74, 6) is 1.06. The Morgan fingerprint density at radius 2 is 1.89 bits per heavy atom. The predicted molar refractivity (Wildman–Crippen MR) is 75.5 cm³/mol. The summed E-state index contributed by atoms with van der Waals surface area (Å²) in [5, 5.41) is 0. The summed E-state index contributed by atoms with van der Waals surface area (Å²) < 4.78 is 2.13. The zero-order chi connectivity index (χ0) is 13.1. The van der Waals surface area contributed by atoms with Gasteiger partial charge in [0.05, 0.1) is 5.69 Å². The highest BCUT2D eigenvalue weighted by Crippen LogP contribution is 2.23. The van der Waals surface area contributed by atoms with Crippen LogP contribution in [0.25, 0.3) is 11.3 Å². The molecule has 0 fully saturated rings. The van der Waals surface area contributed by atoms with Gasteiger partial charge in [-0.1, -0.05) is 31.2 Å². The van der Waals surface area contributed by atoms with Gasteiger partial charge in [0.15, 0.2) is 0 Å². The van der Waals surface area contributed by atoms with E-state index >= 15 is 0 Å². The average molecular weight is 243 g/mol. The molecule has 0 unspecified atom stereocenters. The Morgan fingerprint density at radius 3 is 2.44 bits per heavy atom. The largest absolute Gasteiger partial charge is 0.335 e. The van der Waals surface area contributed by atoms with E-state index < -0.39 is 0 Å². The van der Waals surface area contributed by atoms with Crippen molar-refractivity contribution in [2.45, 2.75) is 26.7 Å². The highest BCUT2D eigenvalue weighted by molar-refractivity contribution is 5.62. The highest BCUT2D eigenvalue weighted by atomic mass is 15.1. The normalized spacial score (nSPS) is 10.9. The molecule has 0 aliphatic carbocycles. The van der Waals surface area contributed by atoms with Gasteiger partial charge in [-0.25, -0.2) is 4.98 Å². The van der Waals surface area contributed by atoms with Gasteiger partial charge in [-0.3, -0.25) is 0 Å². The Bertz CT molecular complexity index is 523. The topological polar surface area (TPSA) is 43.8 Å². The highest BCUT2D eigenvalue weighted by Gasteiger charge is 2.11. The van der Waals surface area contributed by atoms with E-state index in [1.807, 2.05) is 0 Å². The Labute approximate surface area is 109 Å². The second-order valence-electron chi connectivity index (χ2n) is 4.61. The molecule has 0 aliphatic rings. The van der Waals surface area contributed by atoms with Crippen molar-refractivity contribution < 1.29 is 0 Å². The summed E-state index contributed by atoms with van der Waals surface area (Å²) in [6.07, 6.45) is 1.89. The van der Waals surface area contributed by atoms with Crippen LogP contribution in [0.2, 0.25) is 0 Å². The minimum Gasteiger partial charge on any atom is -0.335 e. The fourth-order valence-electron chi connectivity index (χ4n) is 2.16. The molecule has 0 bridgehead atoms. The molecule has 3 nitrogen and oxygen atoms in total. The van der Waals surface area contributed by atoms with Crippen molar-refractivity contribution in [1.82, 2.24) is 9.55 Å². The van der Waals surface area contributed by atoms with Crippen LogP contribution < -0.4 is 5.73 Å². The van der Waals surface area contributed by atoms with Crippen molar-refractivity contribution in [1.29, 1.82) is 0 Å². The summed E-state index contributed by atoms with van der Waals surface area (Å²) in [6.45, 7) is 4.91. The number of benzene rings is 1. The van der Waals surface area contributed by atoms with Crippen LogP contribution in [0.1, 0.15) is 24.0 Å². The van der Waals surface area contributed by atoms with E-state index in [0.29, 0.717) is 6.54 Å². The molecule has 18 heavy (non-hydrogen) atoms. The van der Waals surface area contributed by atoms with Crippen molar-refractivity contribution in [3.8, 4) is 11.3 Å². The average Bonchev–Trinajstić information content (AvgIpc) is 2.68. The summed E-state index contributed by atoms with van der Waals surface area (Å²) in [6, 6.07) is 8.65. The lowest BCUT2D eigenvalue weighted by atomic mass is 10.1. The van der Waals surface area contributed by atoms with E-state index in [4.69, 9.17) is 10.7 Å². The smallest absolute Gasteiger partial charge is 0.110 e. The van der Waals surface area contributed by atoms with Crippen molar-refractivity contribution in [3.63, 3.8) is 0 Å². The lowest BCUT2D eigenvalue weighted by Gasteiger charge is -2.02. The third-order valence-corrected chi connectivity index (χ3v) is 3.48. The third kappa shape index (κ3) is 2.31. The van der Waals surface area contributed by atoms with Gasteiger partial charge in [0.25, 0.3) is 0 Å². The molecule has 0 saturated carbocycles. The summed E-state index contributed by atoms with van der Waals surface area (Å²) in [5.41, 5.74) is 10.4. The van der Waals surface area contributed by atoms with Gasteiger partial charge < -0.3 is 10.3 Å². The number of imidazole rings is 1. The van der Waals surface area contributed by atoms with Crippen LogP contribution in [0.3, 0.4) is 0 Å². The number of nitrogens with zero attached hydrogens (tertiary/aromatic N) is 2. The van der Waals surface area contributed by atoms with Crippen LogP contribution in [-0.4, -0.2) is 16.1 Å². The molecule has 96 valence electrons. The Kier molecular flexibility index (Phi) is 3.82. The van der Waals surface area contributed by atoms with Crippen LogP contribution in [0.5, 0.6) is 0 Å². The van der Waals surface area contributed by atoms with Crippen LogP contribution in [-0.2, 0) is 19.9 Å². The lowest BCUT2D eigenvalue weighted by molar-refractivity contribution is 0.761. The number of hydrogen-bond donors (Lipinski definition) is 1. The molecule has 1 aromatic heterocycles. The fourth-order valence-corrected chi connectivity index (χ4v) is 2.16. The quantitative estimate of drug-likeness (QED) is 0.896. The second kappa shape index (κ2) is 5.36.